The van der Waals surface area contributed by atoms with Crippen LogP contribution in [0.5, 0.6) is 0 Å². The molecule has 1 unspecified atom stereocenters. The molecule has 0 amide bonds. The summed E-state index contributed by atoms with van der Waals surface area (Å²) < 4.78 is 0. The minimum absolute atomic E-state index is 0.0421. The lowest BCUT2D eigenvalue weighted by atomic mass is 10.0. The van der Waals surface area contributed by atoms with Gasteiger partial charge in [-0.05, 0) is 23.6 Å². The van der Waals surface area contributed by atoms with Crippen LogP contribution in [0.25, 0.3) is 0 Å². The average molecular weight is 265 g/mol. The van der Waals surface area contributed by atoms with Gasteiger partial charge >= 0.3 is 0 Å². The second kappa shape index (κ2) is 5.87. The van der Waals surface area contributed by atoms with E-state index < -0.39 is 0 Å². The maximum Gasteiger partial charge on any atom is 0.103 e. The molecule has 1 aliphatic heterocycles. The van der Waals surface area contributed by atoms with Gasteiger partial charge in [0.15, 0.2) is 0 Å². The molecule has 1 aliphatic rings. The van der Waals surface area contributed by atoms with E-state index in [1.54, 1.807) is 6.20 Å². The van der Waals surface area contributed by atoms with Gasteiger partial charge in [-0.3, -0.25) is 9.98 Å². The lowest BCUT2D eigenvalue weighted by molar-refractivity contribution is 0.545. The molecule has 1 aromatic heterocycles. The van der Waals surface area contributed by atoms with Gasteiger partial charge in [-0.1, -0.05) is 36.4 Å². The van der Waals surface area contributed by atoms with Gasteiger partial charge < -0.3 is 4.90 Å². The first-order valence-corrected chi connectivity index (χ1v) is 7.07. The molecule has 102 valence electrons. The van der Waals surface area contributed by atoms with Crippen LogP contribution in [0.3, 0.4) is 0 Å². The fraction of sp³-hybridized carbons (Fsp3) is 0.294. The number of aliphatic imine (C=N–C) groups is 1. The summed E-state index contributed by atoms with van der Waals surface area (Å²) in [7, 11) is 2.12. The van der Waals surface area contributed by atoms with Gasteiger partial charge in [-0.2, -0.15) is 0 Å². The Morgan fingerprint density at radius 1 is 1.10 bits per heavy atom. The van der Waals surface area contributed by atoms with E-state index in [0.29, 0.717) is 0 Å². The Labute approximate surface area is 120 Å². The lowest BCUT2D eigenvalue weighted by Gasteiger charge is -2.18. The van der Waals surface area contributed by atoms with Gasteiger partial charge in [0.1, 0.15) is 6.04 Å². The molecular formula is C17H19N3. The highest BCUT2D eigenvalue weighted by Gasteiger charge is 2.19. The van der Waals surface area contributed by atoms with Crippen LogP contribution in [0.4, 0.5) is 0 Å². The smallest absolute Gasteiger partial charge is 0.103 e. The van der Waals surface area contributed by atoms with Crippen molar-refractivity contribution >= 4 is 5.84 Å². The van der Waals surface area contributed by atoms with Crippen molar-refractivity contribution < 1.29 is 0 Å². The molecule has 1 saturated heterocycles. The predicted octanol–water partition coefficient (Wildman–Crippen LogP) is 3.30. The Bertz CT molecular complexity index is 538. The first-order valence-electron chi connectivity index (χ1n) is 7.07. The van der Waals surface area contributed by atoms with Gasteiger partial charge in [0, 0.05) is 32.4 Å². The normalized spacial score (nSPS) is 18.4. The molecule has 3 heteroatoms. The van der Waals surface area contributed by atoms with E-state index in [1.165, 1.54) is 17.8 Å². The van der Waals surface area contributed by atoms with Crippen LogP contribution in [0.15, 0.2) is 59.9 Å². The van der Waals surface area contributed by atoms with Crippen molar-refractivity contribution in [3.8, 4) is 0 Å². The van der Waals surface area contributed by atoms with Crippen molar-refractivity contribution in [2.75, 3.05) is 13.6 Å². The molecule has 2 heterocycles. The minimum Gasteiger partial charge on any atom is -0.363 e. The quantitative estimate of drug-likeness (QED) is 0.852. The molecule has 0 bridgehead atoms. The van der Waals surface area contributed by atoms with E-state index in [-0.39, 0.29) is 6.04 Å². The fourth-order valence-electron chi connectivity index (χ4n) is 2.62. The summed E-state index contributed by atoms with van der Waals surface area (Å²) in [5.74, 6) is 1.20. The van der Waals surface area contributed by atoms with Gasteiger partial charge in [0.05, 0.1) is 5.84 Å². The molecule has 0 spiro atoms. The van der Waals surface area contributed by atoms with Crippen LogP contribution in [-0.2, 0) is 0 Å². The molecular weight excluding hydrogens is 246 g/mol. The number of likely N-dealkylation sites (tertiary alicyclic amines) is 1. The molecule has 0 N–H and O–H groups in total. The Balaban J connectivity index is 2.00. The van der Waals surface area contributed by atoms with E-state index in [2.05, 4.69) is 47.3 Å². The highest BCUT2D eigenvalue weighted by molar-refractivity contribution is 5.84. The van der Waals surface area contributed by atoms with Crippen molar-refractivity contribution in [3.63, 3.8) is 0 Å². The third-order valence-electron chi connectivity index (χ3n) is 3.73. The average Bonchev–Trinajstić information content (AvgIpc) is 2.92. The highest BCUT2D eigenvalue weighted by atomic mass is 15.2. The van der Waals surface area contributed by atoms with Crippen LogP contribution < -0.4 is 0 Å². The Morgan fingerprint density at radius 2 is 1.90 bits per heavy atom. The third-order valence-corrected chi connectivity index (χ3v) is 3.73. The monoisotopic (exact) mass is 265 g/mol. The third kappa shape index (κ3) is 2.72. The van der Waals surface area contributed by atoms with Crippen molar-refractivity contribution in [1.82, 2.24) is 9.88 Å². The summed E-state index contributed by atoms with van der Waals surface area (Å²) in [6.45, 7) is 1.10. The first kappa shape index (κ1) is 12.9. The molecule has 0 saturated carbocycles. The van der Waals surface area contributed by atoms with Crippen molar-refractivity contribution in [1.29, 1.82) is 0 Å². The minimum atomic E-state index is 0.0421. The Kier molecular flexibility index (Phi) is 3.77. The maximum absolute atomic E-state index is 5.00. The first-order chi connectivity index (χ1) is 9.84. The second-order valence-electron chi connectivity index (χ2n) is 5.17. The molecule has 2 aromatic rings. The van der Waals surface area contributed by atoms with E-state index in [0.717, 1.165) is 18.5 Å². The van der Waals surface area contributed by atoms with E-state index in [1.807, 2.05) is 18.3 Å². The summed E-state index contributed by atoms with van der Waals surface area (Å²) in [4.78, 5) is 11.5. The van der Waals surface area contributed by atoms with Crippen molar-refractivity contribution in [3.05, 3.63) is 66.0 Å². The highest BCUT2D eigenvalue weighted by Crippen LogP contribution is 2.27. The number of pyridine rings is 1. The van der Waals surface area contributed by atoms with Crippen LogP contribution in [0, 0.1) is 0 Å². The number of nitrogens with zero attached hydrogens (tertiary/aromatic N) is 3. The lowest BCUT2D eigenvalue weighted by Crippen LogP contribution is -2.20. The summed E-state index contributed by atoms with van der Waals surface area (Å²) in [6.07, 6.45) is 5.99. The van der Waals surface area contributed by atoms with E-state index in [9.17, 15) is 0 Å². The van der Waals surface area contributed by atoms with E-state index >= 15 is 0 Å². The van der Waals surface area contributed by atoms with Gasteiger partial charge in [0.2, 0.25) is 0 Å². The summed E-state index contributed by atoms with van der Waals surface area (Å²) in [5, 5.41) is 0. The van der Waals surface area contributed by atoms with Crippen molar-refractivity contribution in [2.45, 2.75) is 18.9 Å². The molecule has 1 fully saturated rings. The maximum atomic E-state index is 5.00. The van der Waals surface area contributed by atoms with Gasteiger partial charge in [-0.25, -0.2) is 0 Å². The van der Waals surface area contributed by atoms with Crippen LogP contribution in [0.2, 0.25) is 0 Å². The molecule has 0 aliphatic carbocycles. The molecule has 1 aromatic carbocycles. The largest absolute Gasteiger partial charge is 0.363 e. The van der Waals surface area contributed by atoms with Crippen LogP contribution in [0.1, 0.15) is 30.0 Å². The number of benzene rings is 1. The number of amidine groups is 1. The molecule has 3 nitrogen and oxygen atoms in total. The topological polar surface area (TPSA) is 28.5 Å². The summed E-state index contributed by atoms with van der Waals surface area (Å²) in [6, 6.07) is 14.6. The molecule has 0 radical (unpaired) electrons. The Hall–Kier alpha value is -2.16. The number of hydrogen-bond donors (Lipinski definition) is 0. The van der Waals surface area contributed by atoms with E-state index in [4.69, 9.17) is 4.99 Å². The zero-order valence-corrected chi connectivity index (χ0v) is 11.7. The second-order valence-corrected chi connectivity index (χ2v) is 5.17. The summed E-state index contributed by atoms with van der Waals surface area (Å²) in [5.41, 5.74) is 2.36. The number of aromatic nitrogens is 1. The number of rotatable bonds is 3. The zero-order valence-electron chi connectivity index (χ0n) is 11.7. The fourth-order valence-corrected chi connectivity index (χ4v) is 2.62. The molecule has 3 rings (SSSR count). The molecule has 1 atom stereocenters. The molecule has 20 heavy (non-hydrogen) atoms. The SMILES string of the molecule is CN1CCCC1=NC(c1ccccc1)c1cccnc1. The zero-order chi connectivity index (χ0) is 13.8. The van der Waals surface area contributed by atoms with Gasteiger partial charge in [0.25, 0.3) is 0 Å². The van der Waals surface area contributed by atoms with Gasteiger partial charge in [-0.15, -0.1) is 0 Å². The standard InChI is InChI=1S/C17H19N3/c1-20-12-6-10-16(20)19-17(14-7-3-2-4-8-14)15-9-5-11-18-13-15/h2-5,7-9,11,13,17H,6,10,12H2,1H3. The summed E-state index contributed by atoms with van der Waals surface area (Å²) >= 11 is 0. The number of hydrogen-bond acceptors (Lipinski definition) is 2. The van der Waals surface area contributed by atoms with Crippen molar-refractivity contribution in [2.24, 2.45) is 4.99 Å². The van der Waals surface area contributed by atoms with Crippen LogP contribution >= 0.6 is 0 Å². The van der Waals surface area contributed by atoms with Crippen LogP contribution in [-0.4, -0.2) is 29.3 Å². The Morgan fingerprint density at radius 3 is 2.55 bits per heavy atom. The predicted molar refractivity (Wildman–Crippen MR) is 81.8 cm³/mol.